The predicted octanol–water partition coefficient (Wildman–Crippen LogP) is 0.956. The molecule has 0 unspecified atom stereocenters. The lowest BCUT2D eigenvalue weighted by Crippen LogP contribution is -2.17. The largest absolute Gasteiger partial charge is 0.352 e. The molecule has 40 valence electrons. The molecule has 0 radical (unpaired) electrons. The molecule has 2 nitrogen and oxygen atoms in total. The summed E-state index contributed by atoms with van der Waals surface area (Å²) in [6.45, 7) is 2.01. The van der Waals surface area contributed by atoms with E-state index < -0.39 is 0 Å². The van der Waals surface area contributed by atoms with Crippen molar-refractivity contribution in [1.29, 1.82) is 0 Å². The molecule has 0 saturated carbocycles. The molecular formula is C4H8N2S. The van der Waals surface area contributed by atoms with Gasteiger partial charge in [0.05, 0.1) is 5.88 Å². The Bertz CT molecular complexity index is 99.9. The highest BCUT2D eigenvalue weighted by Crippen LogP contribution is 2.12. The standard InChI is InChI=1S/C4H8N2S/c1-4-5-7-3-6(4)2/h3H2,1-2H3. The lowest BCUT2D eigenvalue weighted by Gasteiger charge is -2.05. The first kappa shape index (κ1) is 4.97. The summed E-state index contributed by atoms with van der Waals surface area (Å²) in [5, 5.41) is 0. The van der Waals surface area contributed by atoms with Crippen molar-refractivity contribution in [2.75, 3.05) is 12.9 Å². The third-order valence-electron chi connectivity index (χ3n) is 1.00. The van der Waals surface area contributed by atoms with Crippen LogP contribution in [-0.2, 0) is 0 Å². The Balaban J connectivity index is 2.54. The molecule has 3 heteroatoms. The summed E-state index contributed by atoms with van der Waals surface area (Å²) in [6, 6.07) is 0. The van der Waals surface area contributed by atoms with Gasteiger partial charge in [0, 0.05) is 7.05 Å². The molecule has 7 heavy (non-hydrogen) atoms. The first-order chi connectivity index (χ1) is 3.30. The number of hydrogen-bond acceptors (Lipinski definition) is 3. The minimum absolute atomic E-state index is 1.02. The highest BCUT2D eigenvalue weighted by molar-refractivity contribution is 7.98. The predicted molar refractivity (Wildman–Crippen MR) is 33.3 cm³/mol. The summed E-state index contributed by atoms with van der Waals surface area (Å²) < 4.78 is 4.08. The molecule has 1 aliphatic heterocycles. The van der Waals surface area contributed by atoms with Crippen molar-refractivity contribution in [3.63, 3.8) is 0 Å². The molecule has 0 N–H and O–H groups in total. The first-order valence-electron chi connectivity index (χ1n) is 2.18. The Morgan fingerprint density at radius 3 is 2.71 bits per heavy atom. The average Bonchev–Trinajstić information content (AvgIpc) is 1.91. The van der Waals surface area contributed by atoms with Crippen molar-refractivity contribution in [2.45, 2.75) is 6.92 Å². The van der Waals surface area contributed by atoms with E-state index in [-0.39, 0.29) is 0 Å². The van der Waals surface area contributed by atoms with Gasteiger partial charge >= 0.3 is 0 Å². The molecule has 0 fully saturated rings. The fourth-order valence-corrected chi connectivity index (χ4v) is 1.12. The van der Waals surface area contributed by atoms with E-state index in [4.69, 9.17) is 0 Å². The minimum Gasteiger partial charge on any atom is -0.352 e. The van der Waals surface area contributed by atoms with Crippen LogP contribution in [0.25, 0.3) is 0 Å². The lowest BCUT2D eigenvalue weighted by molar-refractivity contribution is 0.608. The zero-order chi connectivity index (χ0) is 5.28. The molecular weight excluding hydrogens is 108 g/mol. The van der Waals surface area contributed by atoms with E-state index in [9.17, 15) is 0 Å². The van der Waals surface area contributed by atoms with Crippen LogP contribution in [0.2, 0.25) is 0 Å². The highest BCUT2D eigenvalue weighted by atomic mass is 32.2. The molecule has 0 bridgehead atoms. The normalized spacial score (nSPS) is 20.3. The SMILES string of the molecule is CC1=NSCN1C. The molecule has 0 spiro atoms. The van der Waals surface area contributed by atoms with E-state index in [2.05, 4.69) is 9.30 Å². The minimum atomic E-state index is 1.02. The van der Waals surface area contributed by atoms with Crippen LogP contribution < -0.4 is 0 Å². The first-order valence-corrected chi connectivity index (χ1v) is 3.12. The molecule has 0 aromatic carbocycles. The highest BCUT2D eigenvalue weighted by Gasteiger charge is 2.05. The van der Waals surface area contributed by atoms with E-state index in [1.54, 1.807) is 11.9 Å². The maximum Gasteiger partial charge on any atom is 0.110 e. The van der Waals surface area contributed by atoms with Crippen molar-refractivity contribution in [1.82, 2.24) is 4.90 Å². The number of amidine groups is 1. The van der Waals surface area contributed by atoms with Gasteiger partial charge in [-0.2, -0.15) is 0 Å². The third-order valence-corrected chi connectivity index (χ3v) is 1.90. The summed E-state index contributed by atoms with van der Waals surface area (Å²) in [4.78, 5) is 2.12. The number of hydrogen-bond donors (Lipinski definition) is 0. The van der Waals surface area contributed by atoms with Gasteiger partial charge < -0.3 is 4.90 Å². The average molecular weight is 116 g/mol. The van der Waals surface area contributed by atoms with E-state index in [0.717, 1.165) is 11.7 Å². The summed E-state index contributed by atoms with van der Waals surface area (Å²) >= 11 is 1.60. The topological polar surface area (TPSA) is 15.6 Å². The Morgan fingerprint density at radius 1 is 1.86 bits per heavy atom. The van der Waals surface area contributed by atoms with E-state index in [1.807, 2.05) is 14.0 Å². The van der Waals surface area contributed by atoms with Gasteiger partial charge in [0.15, 0.2) is 0 Å². The molecule has 0 atom stereocenters. The molecule has 1 rings (SSSR count). The Hall–Kier alpha value is -0.180. The maximum atomic E-state index is 4.08. The molecule has 0 aromatic heterocycles. The van der Waals surface area contributed by atoms with Crippen LogP contribution >= 0.6 is 11.9 Å². The van der Waals surface area contributed by atoms with Crippen molar-refractivity contribution < 1.29 is 0 Å². The second kappa shape index (κ2) is 1.74. The molecule has 0 aliphatic carbocycles. The van der Waals surface area contributed by atoms with Crippen LogP contribution in [0.15, 0.2) is 4.40 Å². The molecule has 0 saturated heterocycles. The quantitative estimate of drug-likeness (QED) is 0.438. The molecule has 1 aliphatic rings. The monoisotopic (exact) mass is 116 g/mol. The van der Waals surface area contributed by atoms with Gasteiger partial charge in [-0.25, -0.2) is 4.40 Å². The van der Waals surface area contributed by atoms with Gasteiger partial charge in [0.25, 0.3) is 0 Å². The molecule has 0 amide bonds. The second-order valence-electron chi connectivity index (χ2n) is 1.59. The van der Waals surface area contributed by atoms with Crippen molar-refractivity contribution >= 4 is 17.8 Å². The molecule has 0 aromatic rings. The maximum absolute atomic E-state index is 4.08. The van der Waals surface area contributed by atoms with Crippen LogP contribution in [0.5, 0.6) is 0 Å². The number of rotatable bonds is 0. The zero-order valence-corrected chi connectivity index (χ0v) is 5.33. The van der Waals surface area contributed by atoms with Gasteiger partial charge in [-0.15, -0.1) is 0 Å². The van der Waals surface area contributed by atoms with Crippen molar-refractivity contribution in [3.05, 3.63) is 0 Å². The number of nitrogens with zero attached hydrogens (tertiary/aromatic N) is 2. The Labute approximate surface area is 47.7 Å². The van der Waals surface area contributed by atoms with Gasteiger partial charge in [-0.05, 0) is 18.9 Å². The van der Waals surface area contributed by atoms with E-state index in [0.29, 0.717) is 0 Å². The molecule has 1 heterocycles. The fourth-order valence-electron chi connectivity index (χ4n) is 0.372. The Morgan fingerprint density at radius 2 is 2.57 bits per heavy atom. The van der Waals surface area contributed by atoms with Crippen molar-refractivity contribution in [3.8, 4) is 0 Å². The van der Waals surface area contributed by atoms with Gasteiger partial charge in [0.2, 0.25) is 0 Å². The van der Waals surface area contributed by atoms with E-state index >= 15 is 0 Å². The van der Waals surface area contributed by atoms with E-state index in [1.165, 1.54) is 0 Å². The van der Waals surface area contributed by atoms with Crippen LogP contribution in [0.1, 0.15) is 6.92 Å². The fraction of sp³-hybridized carbons (Fsp3) is 0.750. The van der Waals surface area contributed by atoms with Gasteiger partial charge in [-0.1, -0.05) is 0 Å². The van der Waals surface area contributed by atoms with Gasteiger partial charge in [-0.3, -0.25) is 0 Å². The van der Waals surface area contributed by atoms with Gasteiger partial charge in [0.1, 0.15) is 5.84 Å². The second-order valence-corrected chi connectivity index (χ2v) is 2.29. The van der Waals surface area contributed by atoms with Crippen molar-refractivity contribution in [2.24, 2.45) is 4.40 Å². The van der Waals surface area contributed by atoms with Crippen LogP contribution in [0.4, 0.5) is 0 Å². The van der Waals surface area contributed by atoms with Crippen LogP contribution in [-0.4, -0.2) is 23.7 Å². The summed E-state index contributed by atoms with van der Waals surface area (Å²) in [7, 11) is 2.04. The summed E-state index contributed by atoms with van der Waals surface area (Å²) in [5.74, 6) is 2.15. The third kappa shape index (κ3) is 0.881. The van der Waals surface area contributed by atoms with Crippen LogP contribution in [0.3, 0.4) is 0 Å². The lowest BCUT2D eigenvalue weighted by atomic mass is 10.6. The summed E-state index contributed by atoms with van der Waals surface area (Å²) in [5.41, 5.74) is 0. The summed E-state index contributed by atoms with van der Waals surface area (Å²) in [6.07, 6.45) is 0. The van der Waals surface area contributed by atoms with Crippen LogP contribution in [0, 0.1) is 0 Å². The Kier molecular flexibility index (Phi) is 1.23. The smallest absolute Gasteiger partial charge is 0.110 e. The zero-order valence-electron chi connectivity index (χ0n) is 4.51.